The number of thiazole rings is 1. The molecule has 0 saturated heterocycles. The van der Waals surface area contributed by atoms with E-state index in [0.29, 0.717) is 16.4 Å². The van der Waals surface area contributed by atoms with Gasteiger partial charge in [-0.1, -0.05) is 12.1 Å². The standard InChI is InChI=1S/C17H16FN3O2S2/c1-11-9-14(7-8-15(11)18)19-17-20-16(10-24-17)12-3-5-13(6-4-12)21-25(2,22)23/h3-10,21H,1-2H3,(H,19,20). The molecule has 0 bridgehead atoms. The molecular weight excluding hydrogens is 361 g/mol. The predicted octanol–water partition coefficient (Wildman–Crippen LogP) is 4.37. The van der Waals surface area contributed by atoms with Crippen molar-refractivity contribution in [1.82, 2.24) is 4.98 Å². The van der Waals surface area contributed by atoms with E-state index in [2.05, 4.69) is 15.0 Å². The van der Waals surface area contributed by atoms with Gasteiger partial charge >= 0.3 is 0 Å². The Hall–Kier alpha value is -2.45. The molecule has 8 heteroatoms. The van der Waals surface area contributed by atoms with Crippen molar-refractivity contribution in [1.29, 1.82) is 0 Å². The summed E-state index contributed by atoms with van der Waals surface area (Å²) < 4.78 is 38.2. The normalized spacial score (nSPS) is 11.3. The van der Waals surface area contributed by atoms with Gasteiger partial charge in [0.05, 0.1) is 11.9 Å². The molecule has 1 heterocycles. The second-order valence-electron chi connectivity index (χ2n) is 5.58. The van der Waals surface area contributed by atoms with Crippen molar-refractivity contribution in [3.05, 3.63) is 59.2 Å². The lowest BCUT2D eigenvalue weighted by molar-refractivity contribution is 0.607. The number of anilines is 3. The second kappa shape index (κ2) is 6.81. The third kappa shape index (κ3) is 4.55. The van der Waals surface area contributed by atoms with E-state index < -0.39 is 10.0 Å². The molecule has 2 N–H and O–H groups in total. The Balaban J connectivity index is 1.75. The quantitative estimate of drug-likeness (QED) is 0.692. The number of rotatable bonds is 5. The van der Waals surface area contributed by atoms with Crippen LogP contribution in [-0.2, 0) is 10.0 Å². The van der Waals surface area contributed by atoms with Gasteiger partial charge in [0.15, 0.2) is 5.13 Å². The highest BCUT2D eigenvalue weighted by molar-refractivity contribution is 7.92. The molecule has 0 unspecified atom stereocenters. The summed E-state index contributed by atoms with van der Waals surface area (Å²) in [6.45, 7) is 1.71. The number of hydrogen-bond donors (Lipinski definition) is 2. The summed E-state index contributed by atoms with van der Waals surface area (Å²) in [5, 5.41) is 5.75. The van der Waals surface area contributed by atoms with Gasteiger partial charge in [0.1, 0.15) is 5.82 Å². The zero-order chi connectivity index (χ0) is 18.0. The minimum Gasteiger partial charge on any atom is -0.332 e. The fourth-order valence-electron chi connectivity index (χ4n) is 2.23. The van der Waals surface area contributed by atoms with Crippen molar-refractivity contribution >= 4 is 37.9 Å². The van der Waals surface area contributed by atoms with Crippen LogP contribution in [0.5, 0.6) is 0 Å². The lowest BCUT2D eigenvalue weighted by atomic mass is 10.1. The number of hydrogen-bond acceptors (Lipinski definition) is 5. The molecule has 0 aliphatic rings. The highest BCUT2D eigenvalue weighted by Crippen LogP contribution is 2.28. The molecule has 0 atom stereocenters. The molecule has 3 aromatic rings. The van der Waals surface area contributed by atoms with E-state index >= 15 is 0 Å². The summed E-state index contributed by atoms with van der Waals surface area (Å²) in [6, 6.07) is 11.8. The van der Waals surface area contributed by atoms with Crippen LogP contribution in [0.2, 0.25) is 0 Å². The molecule has 130 valence electrons. The molecule has 5 nitrogen and oxygen atoms in total. The summed E-state index contributed by atoms with van der Waals surface area (Å²) in [7, 11) is -3.29. The third-order valence-electron chi connectivity index (χ3n) is 3.40. The monoisotopic (exact) mass is 377 g/mol. The van der Waals surface area contributed by atoms with Crippen molar-refractivity contribution in [3.63, 3.8) is 0 Å². The van der Waals surface area contributed by atoms with Crippen LogP contribution in [0.3, 0.4) is 0 Å². The van der Waals surface area contributed by atoms with Crippen LogP contribution in [0.4, 0.5) is 20.9 Å². The number of halogens is 1. The van der Waals surface area contributed by atoms with Crippen LogP contribution in [0.25, 0.3) is 11.3 Å². The van der Waals surface area contributed by atoms with Crippen LogP contribution in [0.15, 0.2) is 47.8 Å². The van der Waals surface area contributed by atoms with Gasteiger partial charge in [-0.3, -0.25) is 4.72 Å². The Morgan fingerprint density at radius 3 is 2.40 bits per heavy atom. The number of sulfonamides is 1. The summed E-state index contributed by atoms with van der Waals surface area (Å²) in [6.07, 6.45) is 1.11. The highest BCUT2D eigenvalue weighted by atomic mass is 32.2. The Morgan fingerprint density at radius 1 is 1.08 bits per heavy atom. The zero-order valence-corrected chi connectivity index (χ0v) is 15.2. The van der Waals surface area contributed by atoms with Crippen LogP contribution in [0, 0.1) is 12.7 Å². The van der Waals surface area contributed by atoms with E-state index in [-0.39, 0.29) is 5.82 Å². The number of nitrogens with one attached hydrogen (secondary N) is 2. The number of aryl methyl sites for hydroxylation is 1. The van der Waals surface area contributed by atoms with Gasteiger partial charge < -0.3 is 5.32 Å². The van der Waals surface area contributed by atoms with Crippen LogP contribution in [0.1, 0.15) is 5.56 Å². The molecule has 0 saturated carbocycles. The fourth-order valence-corrected chi connectivity index (χ4v) is 3.54. The largest absolute Gasteiger partial charge is 0.332 e. The number of aromatic nitrogens is 1. The maximum absolute atomic E-state index is 13.3. The van der Waals surface area contributed by atoms with E-state index in [4.69, 9.17) is 0 Å². The lowest BCUT2D eigenvalue weighted by Crippen LogP contribution is -2.09. The Bertz CT molecular complexity index is 999. The Kier molecular flexibility index (Phi) is 4.73. The molecule has 0 aliphatic carbocycles. The third-order valence-corrected chi connectivity index (χ3v) is 4.76. The Morgan fingerprint density at radius 2 is 1.76 bits per heavy atom. The van der Waals surface area contributed by atoms with E-state index in [1.165, 1.54) is 17.4 Å². The van der Waals surface area contributed by atoms with Gasteiger partial charge in [-0.05, 0) is 42.8 Å². The van der Waals surface area contributed by atoms with E-state index in [9.17, 15) is 12.8 Å². The summed E-state index contributed by atoms with van der Waals surface area (Å²) >= 11 is 1.44. The maximum Gasteiger partial charge on any atom is 0.229 e. The first-order valence-electron chi connectivity index (χ1n) is 7.37. The number of nitrogens with zero attached hydrogens (tertiary/aromatic N) is 1. The molecule has 0 amide bonds. The topological polar surface area (TPSA) is 71.1 Å². The van der Waals surface area contributed by atoms with E-state index in [0.717, 1.165) is 23.2 Å². The molecule has 0 aliphatic heterocycles. The van der Waals surface area contributed by atoms with Crippen molar-refractivity contribution in [3.8, 4) is 11.3 Å². The molecular formula is C17H16FN3O2S2. The zero-order valence-electron chi connectivity index (χ0n) is 13.6. The van der Waals surface area contributed by atoms with Crippen molar-refractivity contribution in [2.24, 2.45) is 0 Å². The molecule has 0 fully saturated rings. The first-order valence-corrected chi connectivity index (χ1v) is 10.1. The second-order valence-corrected chi connectivity index (χ2v) is 8.18. The smallest absolute Gasteiger partial charge is 0.229 e. The van der Waals surface area contributed by atoms with Crippen molar-refractivity contribution in [2.75, 3.05) is 16.3 Å². The van der Waals surface area contributed by atoms with Crippen LogP contribution in [-0.4, -0.2) is 19.7 Å². The van der Waals surface area contributed by atoms with Crippen LogP contribution < -0.4 is 10.0 Å². The van der Waals surface area contributed by atoms with Gasteiger partial charge in [-0.15, -0.1) is 11.3 Å². The SMILES string of the molecule is Cc1cc(Nc2nc(-c3ccc(NS(C)(=O)=O)cc3)cs2)ccc1F. The van der Waals surface area contributed by atoms with Gasteiger partial charge in [0.2, 0.25) is 10.0 Å². The molecule has 3 rings (SSSR count). The van der Waals surface area contributed by atoms with E-state index in [1.54, 1.807) is 43.3 Å². The van der Waals surface area contributed by atoms with E-state index in [1.807, 2.05) is 5.38 Å². The molecule has 25 heavy (non-hydrogen) atoms. The van der Waals surface area contributed by atoms with Gasteiger partial charge in [0, 0.05) is 22.3 Å². The summed E-state index contributed by atoms with van der Waals surface area (Å²) in [5.74, 6) is -0.242. The molecule has 2 aromatic carbocycles. The lowest BCUT2D eigenvalue weighted by Gasteiger charge is -2.05. The minimum absolute atomic E-state index is 0.242. The maximum atomic E-state index is 13.3. The first kappa shape index (κ1) is 17.4. The Labute approximate surface area is 149 Å². The first-order chi connectivity index (χ1) is 11.8. The molecule has 1 aromatic heterocycles. The fraction of sp³-hybridized carbons (Fsp3) is 0.118. The van der Waals surface area contributed by atoms with Crippen molar-refractivity contribution < 1.29 is 12.8 Å². The summed E-state index contributed by atoms with van der Waals surface area (Å²) in [5.41, 5.74) is 3.49. The van der Waals surface area contributed by atoms with Crippen molar-refractivity contribution in [2.45, 2.75) is 6.92 Å². The van der Waals surface area contributed by atoms with Gasteiger partial charge in [-0.25, -0.2) is 17.8 Å². The molecule has 0 radical (unpaired) electrons. The minimum atomic E-state index is -3.29. The highest BCUT2D eigenvalue weighted by Gasteiger charge is 2.07. The van der Waals surface area contributed by atoms with Gasteiger partial charge in [-0.2, -0.15) is 0 Å². The average Bonchev–Trinajstić information content (AvgIpc) is 2.99. The average molecular weight is 377 g/mol. The molecule has 0 spiro atoms. The van der Waals surface area contributed by atoms with Crippen LogP contribution >= 0.6 is 11.3 Å². The van der Waals surface area contributed by atoms with Gasteiger partial charge in [0.25, 0.3) is 0 Å². The predicted molar refractivity (Wildman–Crippen MR) is 100 cm³/mol. The summed E-state index contributed by atoms with van der Waals surface area (Å²) in [4.78, 5) is 4.51. The number of benzene rings is 2.